The third-order valence-electron chi connectivity index (χ3n) is 3.73. The third-order valence-corrected chi connectivity index (χ3v) is 5.29. The summed E-state index contributed by atoms with van der Waals surface area (Å²) in [5, 5.41) is 9.21. The Kier molecular flexibility index (Phi) is 6.17. The van der Waals surface area contributed by atoms with E-state index in [2.05, 4.69) is 4.72 Å². The second kappa shape index (κ2) is 7.89. The van der Waals surface area contributed by atoms with Crippen LogP contribution in [0.1, 0.15) is 37.7 Å². The van der Waals surface area contributed by atoms with Crippen LogP contribution in [0.25, 0.3) is 0 Å². The van der Waals surface area contributed by atoms with E-state index in [1.165, 1.54) is 25.3 Å². The molecule has 1 saturated carbocycles. The highest BCUT2D eigenvalue weighted by Gasteiger charge is 2.18. The van der Waals surface area contributed by atoms with Crippen molar-refractivity contribution in [3.63, 3.8) is 0 Å². The molecule has 2 rings (SSSR count). The van der Waals surface area contributed by atoms with E-state index < -0.39 is 10.0 Å². The average Bonchev–Trinajstić information content (AvgIpc) is 2.52. The van der Waals surface area contributed by atoms with Gasteiger partial charge >= 0.3 is 0 Å². The summed E-state index contributed by atoms with van der Waals surface area (Å²) in [7, 11) is -3.60. The number of hydrogen-bond donors (Lipinski definition) is 2. The minimum Gasteiger partial charge on any atom is -0.392 e. The zero-order valence-corrected chi connectivity index (χ0v) is 12.9. The molecule has 0 aliphatic heterocycles. The van der Waals surface area contributed by atoms with Gasteiger partial charge in [-0.15, -0.1) is 0 Å². The summed E-state index contributed by atoms with van der Waals surface area (Å²) in [6.07, 6.45) is 6.07. The van der Waals surface area contributed by atoms with Gasteiger partial charge in [-0.1, -0.05) is 37.5 Å². The first-order valence-corrected chi connectivity index (χ1v) is 8.92. The molecule has 0 bridgehead atoms. The van der Waals surface area contributed by atoms with E-state index in [0.717, 1.165) is 12.8 Å². The van der Waals surface area contributed by atoms with Gasteiger partial charge in [0.2, 0.25) is 10.0 Å². The van der Waals surface area contributed by atoms with Gasteiger partial charge in [-0.05, 0) is 24.5 Å². The molecule has 0 amide bonds. The highest BCUT2D eigenvalue weighted by molar-refractivity contribution is 7.89. The molecule has 0 aromatic heterocycles. The summed E-state index contributed by atoms with van der Waals surface area (Å²) >= 11 is 0. The highest BCUT2D eigenvalue weighted by Crippen LogP contribution is 2.20. The van der Waals surface area contributed by atoms with Gasteiger partial charge in [-0.3, -0.25) is 0 Å². The minimum atomic E-state index is -3.60. The molecule has 2 N–H and O–H groups in total. The number of aliphatic hydroxyl groups is 1. The van der Waals surface area contributed by atoms with Crippen LogP contribution < -0.4 is 4.72 Å². The lowest BCUT2D eigenvalue weighted by atomic mass is 9.98. The predicted molar refractivity (Wildman–Crippen MR) is 80.4 cm³/mol. The summed E-state index contributed by atoms with van der Waals surface area (Å²) in [5.41, 5.74) is 0.401. The van der Waals surface area contributed by atoms with Crippen LogP contribution in [-0.4, -0.2) is 32.8 Å². The Balaban J connectivity index is 1.83. The minimum absolute atomic E-state index is 0.130. The van der Waals surface area contributed by atoms with Gasteiger partial charge in [0.1, 0.15) is 0 Å². The van der Waals surface area contributed by atoms with E-state index in [1.54, 1.807) is 18.2 Å². The van der Waals surface area contributed by atoms with Crippen LogP contribution in [0.5, 0.6) is 0 Å². The van der Waals surface area contributed by atoms with Gasteiger partial charge in [-0.25, -0.2) is 13.1 Å². The number of benzene rings is 1. The lowest BCUT2D eigenvalue weighted by Gasteiger charge is -2.22. The molecule has 118 valence electrons. The predicted octanol–water partition coefficient (Wildman–Crippen LogP) is 1.81. The summed E-state index contributed by atoms with van der Waals surface area (Å²) in [6, 6.07) is 6.45. The molecular formula is C15H23NO4S. The van der Waals surface area contributed by atoms with Gasteiger partial charge < -0.3 is 9.84 Å². The molecule has 6 heteroatoms. The highest BCUT2D eigenvalue weighted by atomic mass is 32.2. The second-order valence-corrected chi connectivity index (χ2v) is 7.03. The van der Waals surface area contributed by atoms with Crippen LogP contribution in [0, 0.1) is 0 Å². The van der Waals surface area contributed by atoms with Crippen molar-refractivity contribution in [2.45, 2.75) is 49.7 Å². The lowest BCUT2D eigenvalue weighted by Crippen LogP contribution is -2.30. The van der Waals surface area contributed by atoms with E-state index in [9.17, 15) is 13.5 Å². The topological polar surface area (TPSA) is 75.6 Å². The van der Waals surface area contributed by atoms with Gasteiger partial charge in [0.15, 0.2) is 0 Å². The molecule has 1 aliphatic carbocycles. The molecule has 1 fully saturated rings. The molecule has 1 aromatic carbocycles. The fourth-order valence-corrected chi connectivity index (χ4v) is 3.85. The van der Waals surface area contributed by atoms with Crippen molar-refractivity contribution in [3.05, 3.63) is 29.8 Å². The first-order chi connectivity index (χ1) is 10.1. The monoisotopic (exact) mass is 313 g/mol. The van der Waals surface area contributed by atoms with Crippen molar-refractivity contribution in [2.24, 2.45) is 0 Å². The maximum atomic E-state index is 12.2. The third kappa shape index (κ3) is 4.78. The van der Waals surface area contributed by atoms with Crippen LogP contribution in [0.15, 0.2) is 29.2 Å². The molecule has 1 aliphatic rings. The van der Waals surface area contributed by atoms with Crippen molar-refractivity contribution < 1.29 is 18.3 Å². The molecule has 21 heavy (non-hydrogen) atoms. The largest absolute Gasteiger partial charge is 0.392 e. The summed E-state index contributed by atoms with van der Waals surface area (Å²) in [4.78, 5) is 0.130. The maximum Gasteiger partial charge on any atom is 0.241 e. The summed E-state index contributed by atoms with van der Waals surface area (Å²) in [6.45, 7) is 0.333. The summed E-state index contributed by atoms with van der Waals surface area (Å²) < 4.78 is 32.6. The Hall–Kier alpha value is -0.950. The Morgan fingerprint density at radius 3 is 2.62 bits per heavy atom. The quantitative estimate of drug-likeness (QED) is 0.753. The molecular weight excluding hydrogens is 290 g/mol. The normalized spacial score (nSPS) is 17.0. The first-order valence-electron chi connectivity index (χ1n) is 7.43. The lowest BCUT2D eigenvalue weighted by molar-refractivity contribution is 0.0321. The number of sulfonamides is 1. The molecule has 0 heterocycles. The zero-order chi connectivity index (χ0) is 15.1. The number of ether oxygens (including phenoxy) is 1. The van der Waals surface area contributed by atoms with E-state index in [4.69, 9.17) is 4.74 Å². The molecule has 5 nitrogen and oxygen atoms in total. The van der Waals surface area contributed by atoms with Crippen molar-refractivity contribution in [1.29, 1.82) is 0 Å². The Bertz CT molecular complexity index is 538. The van der Waals surface area contributed by atoms with Gasteiger partial charge in [0, 0.05) is 6.54 Å². The van der Waals surface area contributed by atoms with E-state index in [-0.39, 0.29) is 24.2 Å². The first kappa shape index (κ1) is 16.4. The van der Waals surface area contributed by atoms with Crippen molar-refractivity contribution in [3.8, 4) is 0 Å². The Labute approximate surface area is 126 Å². The van der Waals surface area contributed by atoms with Crippen LogP contribution >= 0.6 is 0 Å². The molecule has 0 radical (unpaired) electrons. The van der Waals surface area contributed by atoms with Gasteiger partial charge in [0.05, 0.1) is 24.2 Å². The molecule has 0 unspecified atom stereocenters. The van der Waals surface area contributed by atoms with Crippen LogP contribution in [0.4, 0.5) is 0 Å². The van der Waals surface area contributed by atoms with Crippen LogP contribution in [0.2, 0.25) is 0 Å². The number of rotatable bonds is 7. The molecule has 1 aromatic rings. The van der Waals surface area contributed by atoms with Crippen LogP contribution in [-0.2, 0) is 21.4 Å². The van der Waals surface area contributed by atoms with Crippen molar-refractivity contribution >= 4 is 10.0 Å². The number of aliphatic hydroxyl groups excluding tert-OH is 1. The Morgan fingerprint density at radius 1 is 1.19 bits per heavy atom. The van der Waals surface area contributed by atoms with E-state index >= 15 is 0 Å². The maximum absolute atomic E-state index is 12.2. The standard InChI is InChI=1S/C15H23NO4S/c17-12-13-6-4-5-9-15(13)21(18,19)16-10-11-20-14-7-2-1-3-8-14/h4-6,9,14,16-17H,1-3,7-8,10-12H2. The SMILES string of the molecule is O=S(=O)(NCCOC1CCCCC1)c1ccccc1CO. The molecule has 0 spiro atoms. The zero-order valence-electron chi connectivity index (χ0n) is 12.1. The number of hydrogen-bond acceptors (Lipinski definition) is 4. The van der Waals surface area contributed by atoms with Crippen LogP contribution in [0.3, 0.4) is 0 Å². The Morgan fingerprint density at radius 2 is 1.90 bits per heavy atom. The molecule has 0 atom stereocenters. The van der Waals surface area contributed by atoms with Gasteiger partial charge in [-0.2, -0.15) is 0 Å². The van der Waals surface area contributed by atoms with E-state index in [0.29, 0.717) is 12.2 Å². The van der Waals surface area contributed by atoms with Crippen molar-refractivity contribution in [2.75, 3.05) is 13.2 Å². The molecule has 0 saturated heterocycles. The second-order valence-electron chi connectivity index (χ2n) is 5.29. The van der Waals surface area contributed by atoms with Gasteiger partial charge in [0.25, 0.3) is 0 Å². The number of nitrogens with one attached hydrogen (secondary N) is 1. The average molecular weight is 313 g/mol. The summed E-state index contributed by atoms with van der Waals surface area (Å²) in [5.74, 6) is 0. The fourth-order valence-electron chi connectivity index (χ4n) is 2.61. The van der Waals surface area contributed by atoms with Crippen molar-refractivity contribution in [1.82, 2.24) is 4.72 Å². The van der Waals surface area contributed by atoms with E-state index in [1.807, 2.05) is 0 Å². The fraction of sp³-hybridized carbons (Fsp3) is 0.600. The smallest absolute Gasteiger partial charge is 0.241 e.